The molecule has 1 atom stereocenters. The van der Waals surface area contributed by atoms with Crippen LogP contribution in [0.4, 0.5) is 5.69 Å². The maximum atomic E-state index is 13.1. The number of hydrogen-bond acceptors (Lipinski definition) is 6. The molecule has 0 saturated heterocycles. The number of carbonyl (C=O) groups is 2. The van der Waals surface area contributed by atoms with Crippen LogP contribution in [0.15, 0.2) is 53.8 Å². The van der Waals surface area contributed by atoms with E-state index in [9.17, 15) is 14.7 Å². The van der Waals surface area contributed by atoms with E-state index in [1.807, 2.05) is 6.92 Å². The molecule has 1 unspecified atom stereocenters. The summed E-state index contributed by atoms with van der Waals surface area (Å²) >= 11 is 0. The Bertz CT molecular complexity index is 1010. The van der Waals surface area contributed by atoms with Crippen LogP contribution in [0, 0.1) is 5.92 Å². The second-order valence-electron chi connectivity index (χ2n) is 7.40. The third-order valence-corrected chi connectivity index (χ3v) is 5.15. The molecular formula is C24H27NO6. The van der Waals surface area contributed by atoms with E-state index in [1.54, 1.807) is 56.3 Å². The lowest BCUT2D eigenvalue weighted by Gasteiger charge is -2.28. The van der Waals surface area contributed by atoms with Crippen LogP contribution in [0.25, 0.3) is 0 Å². The highest BCUT2D eigenvalue weighted by atomic mass is 16.5. The number of ketones is 1. The summed E-state index contributed by atoms with van der Waals surface area (Å²) in [6.07, 6.45) is 0. The topological polar surface area (TPSA) is 85.3 Å². The van der Waals surface area contributed by atoms with Crippen molar-refractivity contribution in [1.82, 2.24) is 0 Å². The molecule has 1 aliphatic heterocycles. The van der Waals surface area contributed by atoms with Crippen molar-refractivity contribution < 1.29 is 28.9 Å². The fourth-order valence-electron chi connectivity index (χ4n) is 3.64. The van der Waals surface area contributed by atoms with Crippen molar-refractivity contribution in [2.24, 2.45) is 5.92 Å². The number of anilines is 1. The molecule has 3 rings (SSSR count). The van der Waals surface area contributed by atoms with Gasteiger partial charge in [-0.3, -0.25) is 14.5 Å². The monoisotopic (exact) mass is 425 g/mol. The van der Waals surface area contributed by atoms with Gasteiger partial charge < -0.3 is 19.3 Å². The SMILES string of the molecule is CCOc1ccc(N2C(=O)C(O)=C(C(=O)C(C)C)C2c2ccc(OC)c(OC)c2)cc1. The zero-order valence-electron chi connectivity index (χ0n) is 18.3. The van der Waals surface area contributed by atoms with Gasteiger partial charge >= 0.3 is 0 Å². The van der Waals surface area contributed by atoms with E-state index in [0.717, 1.165) is 0 Å². The Morgan fingerprint density at radius 2 is 1.71 bits per heavy atom. The number of benzene rings is 2. The molecule has 0 spiro atoms. The van der Waals surface area contributed by atoms with Gasteiger partial charge in [-0.2, -0.15) is 0 Å². The first-order chi connectivity index (χ1) is 14.8. The van der Waals surface area contributed by atoms with E-state index in [0.29, 0.717) is 35.1 Å². The number of aliphatic hydroxyl groups is 1. The van der Waals surface area contributed by atoms with E-state index in [2.05, 4.69) is 0 Å². The number of hydrogen-bond donors (Lipinski definition) is 1. The fourth-order valence-corrected chi connectivity index (χ4v) is 3.64. The highest BCUT2D eigenvalue weighted by molar-refractivity contribution is 6.16. The molecule has 164 valence electrons. The number of methoxy groups -OCH3 is 2. The van der Waals surface area contributed by atoms with Crippen LogP contribution in [0.3, 0.4) is 0 Å². The molecule has 1 heterocycles. The average Bonchev–Trinajstić information content (AvgIpc) is 3.04. The summed E-state index contributed by atoms with van der Waals surface area (Å²) < 4.78 is 16.2. The van der Waals surface area contributed by atoms with Crippen LogP contribution >= 0.6 is 0 Å². The Morgan fingerprint density at radius 1 is 1.06 bits per heavy atom. The van der Waals surface area contributed by atoms with E-state index in [4.69, 9.17) is 14.2 Å². The van der Waals surface area contributed by atoms with Gasteiger partial charge in [-0.15, -0.1) is 0 Å². The summed E-state index contributed by atoms with van der Waals surface area (Å²) in [6, 6.07) is 11.3. The Hall–Kier alpha value is -3.48. The normalized spacial score (nSPS) is 16.1. The van der Waals surface area contributed by atoms with Crippen LogP contribution in [-0.4, -0.2) is 37.6 Å². The Morgan fingerprint density at radius 3 is 2.26 bits per heavy atom. The summed E-state index contributed by atoms with van der Waals surface area (Å²) in [5.41, 5.74) is 1.22. The van der Waals surface area contributed by atoms with Crippen molar-refractivity contribution in [3.05, 3.63) is 59.4 Å². The van der Waals surface area contributed by atoms with Crippen molar-refractivity contribution in [1.29, 1.82) is 0 Å². The van der Waals surface area contributed by atoms with Crippen molar-refractivity contribution >= 4 is 17.4 Å². The summed E-state index contributed by atoms with van der Waals surface area (Å²) in [5.74, 6) is -0.210. The lowest BCUT2D eigenvalue weighted by molar-refractivity contribution is -0.119. The lowest BCUT2D eigenvalue weighted by atomic mass is 9.91. The Balaban J connectivity index is 2.16. The molecule has 1 aliphatic rings. The largest absolute Gasteiger partial charge is 0.503 e. The van der Waals surface area contributed by atoms with Gasteiger partial charge in [0.25, 0.3) is 5.91 Å². The molecule has 0 saturated carbocycles. The molecule has 0 radical (unpaired) electrons. The van der Waals surface area contributed by atoms with Crippen LogP contribution < -0.4 is 19.1 Å². The summed E-state index contributed by atoms with van der Waals surface area (Å²) in [7, 11) is 3.04. The molecule has 1 N–H and O–H groups in total. The van der Waals surface area contributed by atoms with Gasteiger partial charge in [0.2, 0.25) is 0 Å². The summed E-state index contributed by atoms with van der Waals surface area (Å²) in [6.45, 7) is 5.87. The Labute approximate surface area is 181 Å². The van der Waals surface area contributed by atoms with Crippen LogP contribution in [0.2, 0.25) is 0 Å². The second-order valence-corrected chi connectivity index (χ2v) is 7.40. The minimum atomic E-state index is -0.805. The van der Waals surface area contributed by atoms with Crippen molar-refractivity contribution in [2.75, 3.05) is 25.7 Å². The second kappa shape index (κ2) is 9.12. The fraction of sp³-hybridized carbons (Fsp3) is 0.333. The number of carbonyl (C=O) groups excluding carboxylic acids is 2. The number of ether oxygens (including phenoxy) is 3. The summed E-state index contributed by atoms with van der Waals surface area (Å²) in [5, 5.41) is 10.7. The van der Waals surface area contributed by atoms with Gasteiger partial charge in [0, 0.05) is 11.6 Å². The van der Waals surface area contributed by atoms with Gasteiger partial charge in [-0.1, -0.05) is 19.9 Å². The van der Waals surface area contributed by atoms with Crippen molar-refractivity contribution in [2.45, 2.75) is 26.8 Å². The van der Waals surface area contributed by atoms with Crippen LogP contribution in [0.1, 0.15) is 32.4 Å². The highest BCUT2D eigenvalue weighted by Crippen LogP contribution is 2.44. The Kier molecular flexibility index (Phi) is 6.53. The molecule has 2 aromatic rings. The molecule has 0 aromatic heterocycles. The number of rotatable bonds is 8. The molecular weight excluding hydrogens is 398 g/mol. The maximum absolute atomic E-state index is 13.1. The zero-order chi connectivity index (χ0) is 22.7. The van der Waals surface area contributed by atoms with E-state index in [1.165, 1.54) is 19.1 Å². The van der Waals surface area contributed by atoms with Crippen LogP contribution in [0.5, 0.6) is 17.2 Å². The molecule has 0 aliphatic carbocycles. The quantitative estimate of drug-likeness (QED) is 0.681. The lowest BCUT2D eigenvalue weighted by Crippen LogP contribution is -2.31. The van der Waals surface area contributed by atoms with Crippen LogP contribution in [-0.2, 0) is 9.59 Å². The number of aliphatic hydroxyl groups excluding tert-OH is 1. The molecule has 2 aromatic carbocycles. The van der Waals surface area contributed by atoms with Gasteiger partial charge in [0.15, 0.2) is 23.0 Å². The van der Waals surface area contributed by atoms with Crippen molar-refractivity contribution in [3.63, 3.8) is 0 Å². The van der Waals surface area contributed by atoms with Gasteiger partial charge in [-0.25, -0.2) is 0 Å². The van der Waals surface area contributed by atoms with E-state index < -0.39 is 23.6 Å². The first-order valence-electron chi connectivity index (χ1n) is 10.1. The maximum Gasteiger partial charge on any atom is 0.294 e. The van der Waals surface area contributed by atoms with Gasteiger partial charge in [0.1, 0.15) is 5.75 Å². The van der Waals surface area contributed by atoms with E-state index in [-0.39, 0.29) is 11.4 Å². The standard InChI is InChI=1S/C24H27NO6/c1-6-31-17-10-8-16(9-11-17)25-21(15-7-12-18(29-4)19(13-15)30-5)20(22(26)14(2)3)23(27)24(25)28/h7-14,21,27H,6H2,1-5H3. The smallest absolute Gasteiger partial charge is 0.294 e. The van der Waals surface area contributed by atoms with Gasteiger partial charge in [-0.05, 0) is 48.9 Å². The third kappa shape index (κ3) is 4.08. The molecule has 31 heavy (non-hydrogen) atoms. The summed E-state index contributed by atoms with van der Waals surface area (Å²) in [4.78, 5) is 27.5. The first kappa shape index (κ1) is 22.2. The van der Waals surface area contributed by atoms with E-state index >= 15 is 0 Å². The average molecular weight is 425 g/mol. The predicted octanol–water partition coefficient (Wildman–Crippen LogP) is 4.23. The number of Topliss-reactive ketones (excluding diaryl/α,β-unsaturated/α-hetero) is 1. The molecule has 7 heteroatoms. The zero-order valence-corrected chi connectivity index (χ0v) is 18.3. The number of amides is 1. The molecule has 1 amide bonds. The molecule has 0 fully saturated rings. The predicted molar refractivity (Wildman–Crippen MR) is 117 cm³/mol. The molecule has 7 nitrogen and oxygen atoms in total. The minimum absolute atomic E-state index is 0.0705. The first-order valence-corrected chi connectivity index (χ1v) is 10.1. The molecule has 0 bridgehead atoms. The third-order valence-electron chi connectivity index (χ3n) is 5.15. The van der Waals surface area contributed by atoms with Gasteiger partial charge in [0.05, 0.1) is 32.4 Å². The van der Waals surface area contributed by atoms with Crippen molar-refractivity contribution in [3.8, 4) is 17.2 Å². The minimum Gasteiger partial charge on any atom is -0.503 e. The highest BCUT2D eigenvalue weighted by Gasteiger charge is 2.45. The number of nitrogens with zero attached hydrogens (tertiary/aromatic N) is 1.